The molecule has 4 unspecified atom stereocenters. The zero-order valence-electron chi connectivity index (χ0n) is 50.8. The lowest BCUT2D eigenvalue weighted by Gasteiger charge is -2.43. The second-order valence-corrected chi connectivity index (χ2v) is 23.8. The van der Waals surface area contributed by atoms with E-state index < -0.39 is 77.7 Å². The third-order valence-corrected chi connectivity index (χ3v) is 13.9. The van der Waals surface area contributed by atoms with Gasteiger partial charge in [-0.2, -0.15) is 5.10 Å². The summed E-state index contributed by atoms with van der Waals surface area (Å²) in [6, 6.07) is 13.5. The van der Waals surface area contributed by atoms with Crippen molar-refractivity contribution < 1.29 is 56.3 Å². The summed E-state index contributed by atoms with van der Waals surface area (Å²) in [5.74, 6) is -3.85. The average molecular weight is 1200 g/mol. The van der Waals surface area contributed by atoms with Crippen LogP contribution < -0.4 is 32.3 Å². The highest BCUT2D eigenvalue weighted by Gasteiger charge is 2.41. The number of nitrogens with two attached hydrogens (primary N) is 1. The number of carbonyl (C=O) groups excluding carboxylic acids is 8. The molecule has 3 aromatic carbocycles. The van der Waals surface area contributed by atoms with E-state index in [0.717, 1.165) is 28.7 Å². The van der Waals surface area contributed by atoms with Crippen LogP contribution in [0.1, 0.15) is 130 Å². The summed E-state index contributed by atoms with van der Waals surface area (Å²) in [5, 5.41) is 18.1. The van der Waals surface area contributed by atoms with Crippen molar-refractivity contribution in [1.29, 1.82) is 0 Å². The predicted octanol–water partition coefficient (Wildman–Crippen LogP) is 8.55. The molecule has 5 rings (SSSR count). The van der Waals surface area contributed by atoms with Gasteiger partial charge in [-0.15, -0.1) is 0 Å². The smallest absolute Gasteiger partial charge is 0.407 e. The summed E-state index contributed by atoms with van der Waals surface area (Å²) < 4.78 is 51.6. The predicted molar refractivity (Wildman–Crippen MR) is 319 cm³/mol. The minimum atomic E-state index is -1.12. The molecular formula is C62H85F3N12O9. The molecule has 0 aliphatic carbocycles. The Morgan fingerprint density at radius 2 is 1.40 bits per heavy atom. The van der Waals surface area contributed by atoms with Gasteiger partial charge in [0.1, 0.15) is 37.0 Å². The number of carbonyl (C=O) groups is 8. The number of aromatic nitrogens is 3. The number of benzene rings is 3. The van der Waals surface area contributed by atoms with E-state index in [9.17, 15) is 42.3 Å². The largest absolute Gasteiger partial charge is 0.445 e. The van der Waals surface area contributed by atoms with Crippen molar-refractivity contribution in [2.45, 2.75) is 145 Å². The molecule has 0 radical (unpaired) electrons. The van der Waals surface area contributed by atoms with Gasteiger partial charge in [0.25, 0.3) is 11.8 Å². The monoisotopic (exact) mass is 1200 g/mol. The zero-order valence-corrected chi connectivity index (χ0v) is 50.8. The van der Waals surface area contributed by atoms with Crippen molar-refractivity contribution in [2.75, 3.05) is 44.7 Å². The molecule has 0 spiro atoms. The summed E-state index contributed by atoms with van der Waals surface area (Å²) in [6.45, 7) is 17.3. The van der Waals surface area contributed by atoms with Crippen LogP contribution in [0.15, 0.2) is 84.9 Å². The molecule has 1 aromatic heterocycles. The van der Waals surface area contributed by atoms with Gasteiger partial charge in [-0.1, -0.05) is 111 Å². The van der Waals surface area contributed by atoms with E-state index in [1.54, 1.807) is 52.6 Å². The molecule has 2 heterocycles. The molecule has 0 saturated carbocycles. The number of rotatable bonds is 32. The molecule has 1 aliphatic rings. The number of urea groups is 2. The maximum Gasteiger partial charge on any atom is 0.407 e. The molecule has 21 nitrogen and oxygen atoms in total. The summed E-state index contributed by atoms with van der Waals surface area (Å²) >= 11 is 0. The number of alkyl carbamates (subject to hydrolysis) is 1. The van der Waals surface area contributed by atoms with Crippen LogP contribution in [-0.4, -0.2) is 135 Å². The normalized spacial score (nSPS) is 13.8. The Morgan fingerprint density at radius 3 is 1.98 bits per heavy atom. The van der Waals surface area contributed by atoms with E-state index >= 15 is 9.18 Å². The molecule has 1 aliphatic heterocycles. The van der Waals surface area contributed by atoms with Crippen molar-refractivity contribution >= 4 is 53.4 Å². The van der Waals surface area contributed by atoms with Crippen LogP contribution in [0.3, 0.4) is 0 Å². The van der Waals surface area contributed by atoms with Gasteiger partial charge in [-0.25, -0.2) is 37.2 Å². The lowest BCUT2D eigenvalue weighted by molar-refractivity contribution is -0.137. The van der Waals surface area contributed by atoms with Crippen molar-refractivity contribution in [3.05, 3.63) is 114 Å². The van der Waals surface area contributed by atoms with Gasteiger partial charge >= 0.3 is 18.2 Å². The molecule has 24 heteroatoms. The molecule has 4 aromatic rings. The number of anilines is 1. The number of alkyl halides is 1. The Morgan fingerprint density at radius 1 is 0.756 bits per heavy atom. The van der Waals surface area contributed by atoms with Crippen LogP contribution >= 0.6 is 0 Å². The van der Waals surface area contributed by atoms with Crippen molar-refractivity contribution in [3.8, 4) is 11.4 Å². The van der Waals surface area contributed by atoms with Gasteiger partial charge in [0, 0.05) is 68.6 Å². The molecular weight excluding hydrogens is 1110 g/mol. The summed E-state index contributed by atoms with van der Waals surface area (Å²) in [7, 11) is 0. The number of unbranched alkanes of at least 4 members (excludes halogenated alkanes) is 2. The molecule has 4 atom stereocenters. The molecule has 0 saturated heterocycles. The van der Waals surface area contributed by atoms with Crippen LogP contribution in [0, 0.1) is 34.8 Å². The van der Waals surface area contributed by atoms with Crippen molar-refractivity contribution in [3.63, 3.8) is 0 Å². The maximum absolute atomic E-state index is 15.2. The van der Waals surface area contributed by atoms with Crippen molar-refractivity contribution in [1.82, 2.24) is 50.7 Å². The minimum Gasteiger partial charge on any atom is -0.445 e. The van der Waals surface area contributed by atoms with E-state index in [1.807, 2.05) is 78.8 Å². The number of halogens is 3. The fourth-order valence-corrected chi connectivity index (χ4v) is 9.82. The molecule has 468 valence electrons. The molecule has 86 heavy (non-hydrogen) atoms. The van der Waals surface area contributed by atoms with Crippen LogP contribution in [0.2, 0.25) is 0 Å². The third kappa shape index (κ3) is 21.6. The van der Waals surface area contributed by atoms with Gasteiger partial charge in [-0.05, 0) is 90.7 Å². The first kappa shape index (κ1) is 68.5. The number of primary amides is 1. The second-order valence-electron chi connectivity index (χ2n) is 23.8. The average Bonchev–Trinajstić information content (AvgIpc) is 1.73. The molecule has 10 amide bonds. The minimum absolute atomic E-state index is 0.0373. The second kappa shape index (κ2) is 32.8. The fraction of sp³-hybridized carbons (Fsp3) is 0.516. The number of nitrogens with one attached hydrogen (secondary N) is 5. The summed E-state index contributed by atoms with van der Waals surface area (Å²) in [6.07, 6.45) is 3.34. The van der Waals surface area contributed by atoms with Crippen LogP contribution in [0.25, 0.3) is 11.4 Å². The van der Waals surface area contributed by atoms with E-state index in [-0.39, 0.29) is 105 Å². The Balaban J connectivity index is 1.26. The summed E-state index contributed by atoms with van der Waals surface area (Å²) in [4.78, 5) is 114. The van der Waals surface area contributed by atoms with Gasteiger partial charge in [0.2, 0.25) is 17.7 Å². The van der Waals surface area contributed by atoms with Crippen LogP contribution in [0.4, 0.5) is 33.2 Å². The molecule has 7 N–H and O–H groups in total. The maximum atomic E-state index is 15.2. The number of imide groups is 1. The molecule has 0 bridgehead atoms. The number of hydrogen-bond donors (Lipinski definition) is 6. The Kier molecular flexibility index (Phi) is 26.1. The first-order valence-electron chi connectivity index (χ1n) is 29.3. The van der Waals surface area contributed by atoms with Crippen LogP contribution in [-0.2, 0) is 41.9 Å². The Labute approximate surface area is 501 Å². The van der Waals surface area contributed by atoms with Crippen LogP contribution in [0.5, 0.6) is 0 Å². The van der Waals surface area contributed by atoms with E-state index in [0.29, 0.717) is 49.4 Å². The van der Waals surface area contributed by atoms with Gasteiger partial charge in [-0.3, -0.25) is 28.9 Å². The SMILES string of the molecule is CC(C)CN(CC(C)C)C(=O)N(CCC(CF)NC(=O)OCc1ccc(NC(=O)C(CCCNC(N)=O)NC(=O)C(NC(=O)CCCCCN2C(=O)C=CC2=O)C(C)C)cc1)C(c1nc(-c2cc(F)cc(F)c2)nn1Cc1ccccc1)C(C)(C)C. The van der Waals surface area contributed by atoms with E-state index in [1.165, 1.54) is 12.2 Å². The highest BCUT2D eigenvalue weighted by atomic mass is 19.1. The number of amides is 10. The van der Waals surface area contributed by atoms with E-state index in [4.69, 9.17) is 20.6 Å². The van der Waals surface area contributed by atoms with Gasteiger partial charge in [0.15, 0.2) is 11.6 Å². The quantitative estimate of drug-likeness (QED) is 0.0199. The zero-order chi connectivity index (χ0) is 63.3. The van der Waals surface area contributed by atoms with E-state index in [2.05, 4.69) is 26.6 Å². The first-order chi connectivity index (χ1) is 40.7. The lowest BCUT2D eigenvalue weighted by Crippen LogP contribution is -2.54. The Hall–Kier alpha value is -8.31. The first-order valence-corrected chi connectivity index (χ1v) is 29.3. The number of hydrogen-bond acceptors (Lipinski definition) is 11. The number of nitrogens with zero attached hydrogens (tertiary/aromatic N) is 6. The van der Waals surface area contributed by atoms with Gasteiger partial charge in [0.05, 0.1) is 18.6 Å². The highest BCUT2D eigenvalue weighted by Crippen LogP contribution is 2.40. The summed E-state index contributed by atoms with van der Waals surface area (Å²) in [5.41, 5.74) is 6.22. The molecule has 0 fully saturated rings. The Bertz CT molecular complexity index is 2920. The number of ether oxygens (including phenoxy) is 1. The van der Waals surface area contributed by atoms with Gasteiger partial charge < -0.3 is 46.9 Å². The third-order valence-electron chi connectivity index (χ3n) is 13.9. The standard InChI is InChI=1S/C62H85F3N12O9/c1-39(2)35-74(36-40(3)4)61(85)76(54(62(7,8)9)56-72-55(44-31-45(64)33-46(65)32-44)73-77(56)37-42-17-12-10-13-18-42)30-27-48(34-63)69-60(84)86-38-43-21-23-47(24-22-43)68-57(81)49(19-16-28-67-59(66)83)70-58(82)53(41(5)6)71-50(78)20-14-11-15-29-75-51(79)25-26-52(75)80/h10,12-13,17-18,21-26,31-33,39-41,48-49,53-54H,11,14-16,19-20,27-30,34-38H2,1-9H3,(H,68,81)(H,69,84)(H,70,82)(H,71,78)(H3,66,67,83). The van der Waals surface area contributed by atoms with Crippen molar-refractivity contribution in [2.24, 2.45) is 28.9 Å². The highest BCUT2D eigenvalue weighted by molar-refractivity contribution is 6.12. The lowest BCUT2D eigenvalue weighted by atomic mass is 9.84. The fourth-order valence-electron chi connectivity index (χ4n) is 9.82. The topological polar surface area (TPSA) is 272 Å².